The Morgan fingerprint density at radius 1 is 1.17 bits per heavy atom. The molecule has 1 heterocycles. The van der Waals surface area contributed by atoms with Crippen LogP contribution in [-0.4, -0.2) is 23.5 Å². The van der Waals surface area contributed by atoms with Crippen molar-refractivity contribution in [2.75, 3.05) is 6.54 Å². The van der Waals surface area contributed by atoms with Crippen LogP contribution in [0.4, 0.5) is 0 Å². The highest BCUT2D eigenvalue weighted by atomic mass is 35.5. The van der Waals surface area contributed by atoms with Crippen molar-refractivity contribution in [3.63, 3.8) is 0 Å². The molecular formula is C22H31Cl2N3OS. The third-order valence-corrected chi connectivity index (χ3v) is 7.34. The first kappa shape index (κ1) is 24.1. The first-order valence-corrected chi connectivity index (χ1v) is 11.0. The van der Waals surface area contributed by atoms with E-state index in [1.54, 1.807) is 11.3 Å². The summed E-state index contributed by atoms with van der Waals surface area (Å²) >= 11 is 1.73. The molecule has 1 aromatic heterocycles. The summed E-state index contributed by atoms with van der Waals surface area (Å²) in [4.78, 5) is 18.7. The lowest BCUT2D eigenvalue weighted by Crippen LogP contribution is -2.49. The predicted molar refractivity (Wildman–Crippen MR) is 125 cm³/mol. The molecule has 2 aromatic rings. The number of nitrogens with zero attached hydrogens (tertiary/aromatic N) is 1. The normalized spacial score (nSPS) is 25.4. The van der Waals surface area contributed by atoms with Gasteiger partial charge in [-0.2, -0.15) is 0 Å². The summed E-state index contributed by atoms with van der Waals surface area (Å²) in [6.45, 7) is 2.78. The number of rotatable bonds is 5. The monoisotopic (exact) mass is 455 g/mol. The zero-order chi connectivity index (χ0) is 18.8. The van der Waals surface area contributed by atoms with Crippen molar-refractivity contribution < 1.29 is 4.79 Å². The van der Waals surface area contributed by atoms with Crippen LogP contribution in [0.2, 0.25) is 0 Å². The van der Waals surface area contributed by atoms with Crippen molar-refractivity contribution in [3.8, 4) is 11.3 Å². The highest BCUT2D eigenvalue weighted by Gasteiger charge is 2.40. The molecule has 29 heavy (non-hydrogen) atoms. The maximum absolute atomic E-state index is 12.7. The van der Waals surface area contributed by atoms with Crippen LogP contribution in [0.15, 0.2) is 30.3 Å². The van der Waals surface area contributed by atoms with Crippen LogP contribution in [0.5, 0.6) is 0 Å². The molecule has 2 atom stereocenters. The fraction of sp³-hybridized carbons (Fsp3) is 0.545. The fourth-order valence-corrected chi connectivity index (χ4v) is 5.82. The molecule has 2 aliphatic carbocycles. The summed E-state index contributed by atoms with van der Waals surface area (Å²) in [5.74, 6) is 1.46. The van der Waals surface area contributed by atoms with Crippen LogP contribution in [0.3, 0.4) is 0 Å². The van der Waals surface area contributed by atoms with Crippen LogP contribution in [0, 0.1) is 24.7 Å². The van der Waals surface area contributed by atoms with Gasteiger partial charge in [-0.05, 0) is 44.4 Å². The lowest BCUT2D eigenvalue weighted by Gasteiger charge is -2.43. The van der Waals surface area contributed by atoms with Crippen LogP contribution in [0.25, 0.3) is 11.3 Å². The maximum Gasteiger partial charge on any atom is 0.223 e. The molecular weight excluding hydrogens is 425 g/mol. The highest BCUT2D eigenvalue weighted by Crippen LogP contribution is 2.41. The number of nitrogens with two attached hydrogens (primary N) is 1. The number of hydrogen-bond acceptors (Lipinski definition) is 4. The van der Waals surface area contributed by atoms with Gasteiger partial charge in [0, 0.05) is 35.4 Å². The molecule has 0 saturated heterocycles. The first-order valence-electron chi connectivity index (χ1n) is 10.2. The van der Waals surface area contributed by atoms with Gasteiger partial charge in [0.25, 0.3) is 0 Å². The summed E-state index contributed by atoms with van der Waals surface area (Å²) in [6, 6.07) is 10.6. The van der Waals surface area contributed by atoms with E-state index in [0.29, 0.717) is 24.4 Å². The fourth-order valence-electron chi connectivity index (χ4n) is 4.86. The molecule has 160 valence electrons. The molecule has 1 aromatic carbocycles. The van der Waals surface area contributed by atoms with Gasteiger partial charge in [-0.15, -0.1) is 36.2 Å². The Balaban J connectivity index is 0.00000150. The van der Waals surface area contributed by atoms with Crippen LogP contribution < -0.4 is 11.1 Å². The van der Waals surface area contributed by atoms with Crippen molar-refractivity contribution in [1.82, 2.24) is 10.3 Å². The van der Waals surface area contributed by atoms with Gasteiger partial charge in [-0.1, -0.05) is 36.8 Å². The van der Waals surface area contributed by atoms with Crippen molar-refractivity contribution >= 4 is 42.1 Å². The minimum absolute atomic E-state index is 0. The second kappa shape index (κ2) is 10.8. The van der Waals surface area contributed by atoms with Gasteiger partial charge in [0.05, 0.1) is 10.7 Å². The van der Waals surface area contributed by atoms with Crippen molar-refractivity contribution in [2.24, 2.45) is 23.5 Å². The topological polar surface area (TPSA) is 68.0 Å². The predicted octanol–water partition coefficient (Wildman–Crippen LogP) is 4.77. The number of carbonyl (C=O) groups is 1. The van der Waals surface area contributed by atoms with E-state index in [0.717, 1.165) is 35.5 Å². The summed E-state index contributed by atoms with van der Waals surface area (Å²) < 4.78 is 0. The van der Waals surface area contributed by atoms with E-state index in [2.05, 4.69) is 24.4 Å². The molecule has 2 saturated carbocycles. The molecule has 2 unspecified atom stereocenters. The minimum atomic E-state index is 0. The van der Waals surface area contributed by atoms with E-state index < -0.39 is 0 Å². The van der Waals surface area contributed by atoms with Crippen LogP contribution in [0.1, 0.15) is 42.0 Å². The zero-order valence-corrected chi connectivity index (χ0v) is 19.3. The Morgan fingerprint density at radius 3 is 2.48 bits per heavy atom. The standard InChI is InChI=1S/C22H29N3OS.2ClH/c1-14-21(15-6-3-2-4-7-15)25-19(27-14)10-11-24-22(26)18-12-16-8-5-9-17(13-18)20(16)23;;/h2-4,6-7,16-18,20H,5,8-13,23H2,1H3,(H,24,26);2*1H. The van der Waals surface area contributed by atoms with Crippen molar-refractivity contribution in [3.05, 3.63) is 40.2 Å². The van der Waals surface area contributed by atoms with Crippen molar-refractivity contribution in [1.29, 1.82) is 0 Å². The second-order valence-corrected chi connectivity index (χ2v) is 9.40. The van der Waals surface area contributed by atoms with Gasteiger partial charge < -0.3 is 11.1 Å². The smallest absolute Gasteiger partial charge is 0.223 e. The second-order valence-electron chi connectivity index (χ2n) is 8.12. The summed E-state index contributed by atoms with van der Waals surface area (Å²) in [7, 11) is 0. The molecule has 7 heteroatoms. The summed E-state index contributed by atoms with van der Waals surface area (Å²) in [5, 5.41) is 4.25. The third-order valence-electron chi connectivity index (χ3n) is 6.31. The minimum Gasteiger partial charge on any atom is -0.355 e. The number of carbonyl (C=O) groups excluding carboxylic acids is 1. The molecule has 0 radical (unpaired) electrons. The lowest BCUT2D eigenvalue weighted by atomic mass is 9.65. The van der Waals surface area contributed by atoms with Gasteiger partial charge >= 0.3 is 0 Å². The Morgan fingerprint density at radius 2 is 1.83 bits per heavy atom. The molecule has 2 fully saturated rings. The SMILES string of the molecule is Cc1sc(CCNC(=O)C2CC3CCCC(C2)C3N)nc1-c1ccccc1.Cl.Cl. The number of aryl methyl sites for hydroxylation is 1. The Labute approximate surface area is 189 Å². The highest BCUT2D eigenvalue weighted by molar-refractivity contribution is 7.12. The largest absolute Gasteiger partial charge is 0.355 e. The summed E-state index contributed by atoms with van der Waals surface area (Å²) in [6.07, 6.45) is 6.41. The number of hydrogen-bond donors (Lipinski definition) is 2. The Kier molecular flexibility index (Phi) is 8.95. The first-order chi connectivity index (χ1) is 13.1. The third kappa shape index (κ3) is 5.52. The van der Waals surface area contributed by atoms with E-state index in [1.807, 2.05) is 18.2 Å². The molecule has 4 nitrogen and oxygen atoms in total. The Bertz CT molecular complexity index is 785. The van der Waals surface area contributed by atoms with E-state index >= 15 is 0 Å². The zero-order valence-electron chi connectivity index (χ0n) is 16.8. The number of nitrogens with one attached hydrogen (secondary N) is 1. The Hall–Kier alpha value is -1.14. The molecule has 0 spiro atoms. The molecule has 2 bridgehead atoms. The van der Waals surface area contributed by atoms with Gasteiger partial charge in [0.15, 0.2) is 0 Å². The quantitative estimate of drug-likeness (QED) is 0.681. The van der Waals surface area contributed by atoms with E-state index in [1.165, 1.54) is 24.1 Å². The summed E-state index contributed by atoms with van der Waals surface area (Å²) in [5.41, 5.74) is 8.57. The molecule has 0 aliphatic heterocycles. The molecule has 3 N–H and O–H groups in total. The van der Waals surface area contributed by atoms with E-state index in [4.69, 9.17) is 10.7 Å². The molecule has 2 aliphatic rings. The number of fused-ring (bicyclic) bond motifs is 2. The van der Waals surface area contributed by atoms with Gasteiger partial charge in [-0.3, -0.25) is 4.79 Å². The van der Waals surface area contributed by atoms with Gasteiger partial charge in [0.2, 0.25) is 5.91 Å². The van der Waals surface area contributed by atoms with E-state index in [9.17, 15) is 4.79 Å². The number of aromatic nitrogens is 1. The average molecular weight is 456 g/mol. The van der Waals surface area contributed by atoms with Crippen LogP contribution >= 0.6 is 36.2 Å². The number of halogens is 2. The number of amides is 1. The van der Waals surface area contributed by atoms with Gasteiger partial charge in [0.1, 0.15) is 0 Å². The maximum atomic E-state index is 12.7. The number of benzene rings is 1. The molecule has 1 amide bonds. The van der Waals surface area contributed by atoms with E-state index in [-0.39, 0.29) is 36.6 Å². The number of thiazole rings is 1. The average Bonchev–Trinajstić information content (AvgIpc) is 3.02. The lowest BCUT2D eigenvalue weighted by molar-refractivity contribution is -0.127. The van der Waals surface area contributed by atoms with Gasteiger partial charge in [-0.25, -0.2) is 4.98 Å². The van der Waals surface area contributed by atoms with Crippen LogP contribution in [-0.2, 0) is 11.2 Å². The van der Waals surface area contributed by atoms with Crippen molar-refractivity contribution in [2.45, 2.75) is 51.5 Å². The molecule has 4 rings (SSSR count).